The molecule has 1 spiro atoms. The zero-order chi connectivity index (χ0) is 24.4. The molecule has 1 aromatic carbocycles. The lowest BCUT2D eigenvalue weighted by Crippen LogP contribution is -2.27. The van der Waals surface area contributed by atoms with Gasteiger partial charge < -0.3 is 10.0 Å². The quantitative estimate of drug-likeness (QED) is 0.429. The number of fused-ring (bicyclic) bond motifs is 1. The molecule has 1 aliphatic heterocycles. The van der Waals surface area contributed by atoms with Crippen LogP contribution in [0.5, 0.6) is 0 Å². The van der Waals surface area contributed by atoms with Gasteiger partial charge in [0.15, 0.2) is 0 Å². The third-order valence-corrected chi connectivity index (χ3v) is 9.85. The number of benzene rings is 1. The molecule has 184 valence electrons. The van der Waals surface area contributed by atoms with Crippen LogP contribution in [0.25, 0.3) is 16.6 Å². The molecule has 3 aromatic heterocycles. The van der Waals surface area contributed by atoms with Gasteiger partial charge >= 0.3 is 0 Å². The van der Waals surface area contributed by atoms with Crippen LogP contribution in [-0.4, -0.2) is 42.7 Å². The van der Waals surface area contributed by atoms with Crippen molar-refractivity contribution in [1.82, 2.24) is 24.5 Å². The van der Waals surface area contributed by atoms with Crippen LogP contribution in [-0.2, 0) is 5.60 Å². The minimum atomic E-state index is -0.800. The number of pyridine rings is 1. The van der Waals surface area contributed by atoms with E-state index in [1.807, 2.05) is 43.1 Å². The first kappa shape index (κ1) is 21.2. The normalized spacial score (nSPS) is 30.7. The van der Waals surface area contributed by atoms with Crippen molar-refractivity contribution in [3.05, 3.63) is 64.8 Å². The van der Waals surface area contributed by atoms with Crippen molar-refractivity contribution in [2.75, 3.05) is 18.0 Å². The number of aryl methyl sites for hydroxylation is 2. The summed E-state index contributed by atoms with van der Waals surface area (Å²) in [6.45, 7) is 5.76. The van der Waals surface area contributed by atoms with Gasteiger partial charge in [-0.3, -0.25) is 9.67 Å². The van der Waals surface area contributed by atoms with Crippen molar-refractivity contribution in [3.8, 4) is 5.69 Å². The summed E-state index contributed by atoms with van der Waals surface area (Å²) >= 11 is 6.87. The van der Waals surface area contributed by atoms with E-state index in [2.05, 4.69) is 43.1 Å². The first-order valence-corrected chi connectivity index (χ1v) is 13.4. The Balaban J connectivity index is 1.17. The van der Waals surface area contributed by atoms with Gasteiger partial charge in [-0.2, -0.15) is 10.2 Å². The fraction of sp³-hybridized carbons (Fsp3) is 0.464. The van der Waals surface area contributed by atoms with Crippen LogP contribution in [0.15, 0.2) is 42.9 Å². The second-order valence-electron chi connectivity index (χ2n) is 11.4. The molecule has 36 heavy (non-hydrogen) atoms. The van der Waals surface area contributed by atoms with Crippen LogP contribution in [0.4, 0.5) is 5.69 Å². The molecule has 2 unspecified atom stereocenters. The van der Waals surface area contributed by atoms with E-state index in [1.165, 1.54) is 12.8 Å². The third-order valence-electron chi connectivity index (χ3n) is 9.54. The summed E-state index contributed by atoms with van der Waals surface area (Å²) in [6, 6.07) is 8.86. The molecule has 4 heterocycles. The topological polar surface area (TPSA) is 72.0 Å². The second kappa shape index (κ2) is 6.90. The van der Waals surface area contributed by atoms with E-state index in [9.17, 15) is 5.11 Å². The Morgan fingerprint density at radius 1 is 1.06 bits per heavy atom. The van der Waals surface area contributed by atoms with Crippen molar-refractivity contribution < 1.29 is 5.11 Å². The van der Waals surface area contributed by atoms with Gasteiger partial charge in [0, 0.05) is 46.8 Å². The molecule has 8 rings (SSSR count). The van der Waals surface area contributed by atoms with E-state index in [0.717, 1.165) is 70.2 Å². The van der Waals surface area contributed by atoms with Gasteiger partial charge in [0.25, 0.3) is 0 Å². The number of aromatic nitrogens is 5. The van der Waals surface area contributed by atoms with E-state index in [1.54, 1.807) is 0 Å². The smallest absolute Gasteiger partial charge is 0.103 e. The predicted octanol–water partition coefficient (Wildman–Crippen LogP) is 4.96. The highest BCUT2D eigenvalue weighted by Gasteiger charge is 2.83. The number of aliphatic hydroxyl groups is 1. The van der Waals surface area contributed by atoms with Gasteiger partial charge in [-0.15, -0.1) is 0 Å². The number of halogens is 1. The summed E-state index contributed by atoms with van der Waals surface area (Å²) in [7, 11) is 0. The molecule has 0 radical (unpaired) electrons. The maximum atomic E-state index is 12.1. The van der Waals surface area contributed by atoms with Crippen molar-refractivity contribution >= 4 is 28.2 Å². The van der Waals surface area contributed by atoms with E-state index in [0.29, 0.717) is 12.0 Å². The average Bonchev–Trinajstić information content (AvgIpc) is 3.38. The molecular weight excluding hydrogens is 472 g/mol. The standard InChI is InChI=1S/C28H29ClN6O/c1-16-3-7-22(17(2)32-16)28(36)26-8-4-19-13-33(15-27(19,26)28)25-10-24-18(9-23(25)29)11-31-35(24)21-12-30-34(14-21)20-5-6-20/h3,7,9-12,14,19-20,26,36H,4-6,8,13,15H2,1-2H3/t19-,26+,27?,28?/m0/s1. The summed E-state index contributed by atoms with van der Waals surface area (Å²) < 4.78 is 4.02. The van der Waals surface area contributed by atoms with Crippen LogP contribution < -0.4 is 4.90 Å². The first-order valence-electron chi connectivity index (χ1n) is 13.0. The lowest BCUT2D eigenvalue weighted by molar-refractivity contribution is 0.0682. The maximum absolute atomic E-state index is 12.1. The first-order chi connectivity index (χ1) is 17.4. The van der Waals surface area contributed by atoms with Crippen LogP contribution in [0.1, 0.15) is 48.7 Å². The zero-order valence-corrected chi connectivity index (χ0v) is 21.3. The van der Waals surface area contributed by atoms with Gasteiger partial charge in [0.1, 0.15) is 11.3 Å². The highest BCUT2D eigenvalue weighted by Crippen LogP contribution is 2.80. The number of anilines is 1. The van der Waals surface area contributed by atoms with Crippen molar-refractivity contribution in [3.63, 3.8) is 0 Å². The molecule has 0 bridgehead atoms. The lowest BCUT2D eigenvalue weighted by atomic mass is 9.85. The number of nitrogens with zero attached hydrogens (tertiary/aromatic N) is 6. The van der Waals surface area contributed by atoms with Crippen LogP contribution in [0.2, 0.25) is 5.02 Å². The molecule has 3 saturated carbocycles. The fourth-order valence-electron chi connectivity index (χ4n) is 7.74. The number of hydrogen-bond donors (Lipinski definition) is 1. The molecule has 0 amide bonds. The highest BCUT2D eigenvalue weighted by atomic mass is 35.5. The second-order valence-corrected chi connectivity index (χ2v) is 11.8. The van der Waals surface area contributed by atoms with Gasteiger partial charge in [-0.1, -0.05) is 17.7 Å². The SMILES string of the molecule is Cc1ccc(C2(O)[C@@H]3CC[C@H]4CN(c5cc6c(cnn6-c6cnn(C7CC7)c6)cc5Cl)CC432)c(C)n1. The van der Waals surface area contributed by atoms with Crippen molar-refractivity contribution in [2.45, 2.75) is 51.2 Å². The molecule has 4 aromatic rings. The van der Waals surface area contributed by atoms with Gasteiger partial charge in [0.2, 0.25) is 0 Å². The molecule has 8 heteroatoms. The Hall–Kier alpha value is -2.90. The van der Waals surface area contributed by atoms with E-state index < -0.39 is 5.60 Å². The minimum absolute atomic E-state index is 0.126. The lowest BCUT2D eigenvalue weighted by Gasteiger charge is -2.24. The summed E-state index contributed by atoms with van der Waals surface area (Å²) in [5.41, 5.74) is 5.05. The Labute approximate surface area is 214 Å². The van der Waals surface area contributed by atoms with Crippen molar-refractivity contribution in [2.24, 2.45) is 17.3 Å². The monoisotopic (exact) mass is 500 g/mol. The molecule has 3 aliphatic carbocycles. The molecule has 7 nitrogen and oxygen atoms in total. The van der Waals surface area contributed by atoms with Crippen molar-refractivity contribution in [1.29, 1.82) is 0 Å². The molecule has 4 fully saturated rings. The van der Waals surface area contributed by atoms with Crippen LogP contribution >= 0.6 is 11.6 Å². The summed E-state index contributed by atoms with van der Waals surface area (Å²) in [4.78, 5) is 7.08. The van der Waals surface area contributed by atoms with Gasteiger partial charge in [-0.05, 0) is 63.6 Å². The third kappa shape index (κ3) is 2.60. The van der Waals surface area contributed by atoms with Crippen LogP contribution in [0, 0.1) is 31.1 Å². The Morgan fingerprint density at radius 2 is 1.92 bits per heavy atom. The number of rotatable bonds is 4. The van der Waals surface area contributed by atoms with E-state index >= 15 is 0 Å². The van der Waals surface area contributed by atoms with E-state index in [-0.39, 0.29) is 11.3 Å². The molecule has 1 saturated heterocycles. The molecule has 4 atom stereocenters. The van der Waals surface area contributed by atoms with Gasteiger partial charge in [-0.25, -0.2) is 4.68 Å². The Bertz CT molecular complexity index is 1550. The van der Waals surface area contributed by atoms with Gasteiger partial charge in [0.05, 0.1) is 40.9 Å². The minimum Gasteiger partial charge on any atom is -0.384 e. The van der Waals surface area contributed by atoms with Crippen LogP contribution in [0.3, 0.4) is 0 Å². The van der Waals surface area contributed by atoms with E-state index in [4.69, 9.17) is 11.6 Å². The molecular formula is C28H29ClN6O. The largest absolute Gasteiger partial charge is 0.384 e. The predicted molar refractivity (Wildman–Crippen MR) is 139 cm³/mol. The summed E-state index contributed by atoms with van der Waals surface area (Å²) in [5.74, 6) is 0.728. The summed E-state index contributed by atoms with van der Waals surface area (Å²) in [5, 5.41) is 23.1. The maximum Gasteiger partial charge on any atom is 0.103 e. The molecule has 1 N–H and O–H groups in total. The highest BCUT2D eigenvalue weighted by molar-refractivity contribution is 6.34. The fourth-order valence-corrected chi connectivity index (χ4v) is 8.03. The summed E-state index contributed by atoms with van der Waals surface area (Å²) in [6.07, 6.45) is 10.5. The number of hydrogen-bond acceptors (Lipinski definition) is 5. The average molecular weight is 501 g/mol. The molecule has 4 aliphatic rings. The Kier molecular flexibility index (Phi) is 4.06. The zero-order valence-electron chi connectivity index (χ0n) is 20.5. The Morgan fingerprint density at radius 3 is 2.72 bits per heavy atom.